The molecule has 0 aliphatic carbocycles. The van der Waals surface area contributed by atoms with E-state index in [4.69, 9.17) is 4.74 Å². The lowest BCUT2D eigenvalue weighted by molar-refractivity contribution is 0.102. The Morgan fingerprint density at radius 2 is 2.00 bits per heavy atom. The second-order valence-electron chi connectivity index (χ2n) is 5.85. The Bertz CT molecular complexity index is 1060. The van der Waals surface area contributed by atoms with Gasteiger partial charge in [-0.2, -0.15) is 9.78 Å². The van der Waals surface area contributed by atoms with Gasteiger partial charge in [-0.1, -0.05) is 18.2 Å². The molecule has 0 unspecified atom stereocenters. The van der Waals surface area contributed by atoms with Crippen molar-refractivity contribution in [2.75, 3.05) is 12.4 Å². The average Bonchev–Trinajstić information content (AvgIpc) is 3.24. The molecule has 7 heteroatoms. The normalized spacial score (nSPS) is 10.8. The number of hydrogen-bond donors (Lipinski definition) is 2. The Morgan fingerprint density at radius 3 is 2.81 bits per heavy atom. The number of aromatic nitrogens is 4. The largest absolute Gasteiger partial charge is 0.497 e. The van der Waals surface area contributed by atoms with Crippen molar-refractivity contribution in [1.29, 1.82) is 0 Å². The van der Waals surface area contributed by atoms with Gasteiger partial charge in [0.1, 0.15) is 11.6 Å². The Kier molecular flexibility index (Phi) is 3.89. The number of aromatic amines is 1. The van der Waals surface area contributed by atoms with Gasteiger partial charge < -0.3 is 15.0 Å². The average molecular weight is 347 g/mol. The summed E-state index contributed by atoms with van der Waals surface area (Å²) in [6.45, 7) is 1.86. The van der Waals surface area contributed by atoms with Crippen molar-refractivity contribution in [3.8, 4) is 11.7 Å². The molecule has 2 aromatic carbocycles. The van der Waals surface area contributed by atoms with Gasteiger partial charge in [0.15, 0.2) is 0 Å². The lowest BCUT2D eigenvalue weighted by atomic mass is 10.2. The van der Waals surface area contributed by atoms with Gasteiger partial charge in [-0.25, -0.2) is 4.98 Å². The second-order valence-corrected chi connectivity index (χ2v) is 5.85. The summed E-state index contributed by atoms with van der Waals surface area (Å²) in [4.78, 5) is 20.4. The molecular formula is C19H17N5O2. The van der Waals surface area contributed by atoms with Gasteiger partial charge in [0, 0.05) is 11.6 Å². The van der Waals surface area contributed by atoms with Gasteiger partial charge in [-0.3, -0.25) is 4.79 Å². The van der Waals surface area contributed by atoms with Gasteiger partial charge in [0.25, 0.3) is 5.91 Å². The number of fused-ring (bicyclic) bond motifs is 1. The molecule has 0 saturated carbocycles. The molecule has 0 atom stereocenters. The molecule has 4 aromatic rings. The van der Waals surface area contributed by atoms with E-state index in [1.165, 1.54) is 0 Å². The topological polar surface area (TPSA) is 84.8 Å². The van der Waals surface area contributed by atoms with E-state index in [0.717, 1.165) is 16.7 Å². The van der Waals surface area contributed by atoms with Gasteiger partial charge >= 0.3 is 0 Å². The number of benzene rings is 2. The van der Waals surface area contributed by atoms with Gasteiger partial charge in [0.2, 0.25) is 5.95 Å². The highest BCUT2D eigenvalue weighted by Gasteiger charge is 2.15. The fourth-order valence-electron chi connectivity index (χ4n) is 2.74. The summed E-state index contributed by atoms with van der Waals surface area (Å²) in [5.74, 6) is 1.45. The van der Waals surface area contributed by atoms with Crippen molar-refractivity contribution < 1.29 is 9.53 Å². The van der Waals surface area contributed by atoms with E-state index < -0.39 is 0 Å². The number of carbonyl (C=O) groups is 1. The molecule has 0 bridgehead atoms. The predicted octanol–water partition coefficient (Wildman–Crippen LogP) is 3.32. The third-order valence-corrected chi connectivity index (χ3v) is 3.98. The summed E-state index contributed by atoms with van der Waals surface area (Å²) < 4.78 is 6.76. The van der Waals surface area contributed by atoms with Gasteiger partial charge in [-0.05, 0) is 37.3 Å². The number of carbonyl (C=O) groups excluding carboxylic acids is 1. The molecule has 2 heterocycles. The first-order chi connectivity index (χ1) is 12.6. The zero-order valence-corrected chi connectivity index (χ0v) is 14.4. The Hall–Kier alpha value is -3.61. The highest BCUT2D eigenvalue weighted by atomic mass is 16.5. The first-order valence-electron chi connectivity index (χ1n) is 8.11. The number of H-pyrrole nitrogens is 1. The van der Waals surface area contributed by atoms with E-state index in [1.54, 1.807) is 42.1 Å². The van der Waals surface area contributed by atoms with E-state index in [1.807, 2.05) is 31.2 Å². The smallest absolute Gasteiger partial charge is 0.256 e. The van der Waals surface area contributed by atoms with Crippen LogP contribution in [-0.2, 0) is 0 Å². The first-order valence-corrected chi connectivity index (χ1v) is 8.11. The van der Waals surface area contributed by atoms with Crippen LogP contribution in [0, 0.1) is 6.92 Å². The van der Waals surface area contributed by atoms with E-state index in [0.29, 0.717) is 23.1 Å². The number of aryl methyl sites for hydroxylation is 1. The summed E-state index contributed by atoms with van der Waals surface area (Å²) in [6.07, 6.45) is 0. The van der Waals surface area contributed by atoms with Gasteiger partial charge in [0.05, 0.1) is 23.8 Å². The zero-order valence-electron chi connectivity index (χ0n) is 14.4. The molecule has 26 heavy (non-hydrogen) atoms. The zero-order chi connectivity index (χ0) is 18.1. The van der Waals surface area contributed by atoms with Crippen LogP contribution in [0.4, 0.5) is 5.82 Å². The van der Waals surface area contributed by atoms with Crippen molar-refractivity contribution in [1.82, 2.24) is 19.7 Å². The van der Waals surface area contributed by atoms with Crippen LogP contribution in [0.3, 0.4) is 0 Å². The minimum absolute atomic E-state index is 0.249. The number of hydrogen-bond acceptors (Lipinski definition) is 4. The van der Waals surface area contributed by atoms with E-state index in [-0.39, 0.29) is 5.91 Å². The minimum atomic E-state index is -0.249. The first kappa shape index (κ1) is 15.9. The predicted molar refractivity (Wildman–Crippen MR) is 98.9 cm³/mol. The summed E-state index contributed by atoms with van der Waals surface area (Å²) in [5, 5.41) is 7.33. The lowest BCUT2D eigenvalue weighted by Crippen LogP contribution is -2.15. The molecule has 0 radical (unpaired) electrons. The maximum Gasteiger partial charge on any atom is 0.256 e. The van der Waals surface area contributed by atoms with Crippen molar-refractivity contribution in [2.45, 2.75) is 6.92 Å². The summed E-state index contributed by atoms with van der Waals surface area (Å²) in [7, 11) is 1.57. The third-order valence-electron chi connectivity index (χ3n) is 3.98. The summed E-state index contributed by atoms with van der Waals surface area (Å²) in [6, 6.07) is 16.5. The molecule has 7 nitrogen and oxygen atoms in total. The van der Waals surface area contributed by atoms with Crippen molar-refractivity contribution in [2.24, 2.45) is 0 Å². The van der Waals surface area contributed by atoms with Crippen LogP contribution in [0.5, 0.6) is 5.75 Å². The molecule has 2 aromatic heterocycles. The highest BCUT2D eigenvalue weighted by Crippen LogP contribution is 2.20. The van der Waals surface area contributed by atoms with Crippen molar-refractivity contribution >= 4 is 22.8 Å². The highest BCUT2D eigenvalue weighted by molar-refractivity contribution is 6.04. The number of para-hydroxylation sites is 2. The second kappa shape index (κ2) is 6.36. The third kappa shape index (κ3) is 2.90. The fraction of sp³-hybridized carbons (Fsp3) is 0.105. The summed E-state index contributed by atoms with van der Waals surface area (Å²) >= 11 is 0. The van der Waals surface area contributed by atoms with Crippen LogP contribution in [0.15, 0.2) is 54.6 Å². The Morgan fingerprint density at radius 1 is 1.15 bits per heavy atom. The lowest BCUT2D eigenvalue weighted by Gasteiger charge is -2.07. The number of ether oxygens (including phenoxy) is 1. The van der Waals surface area contributed by atoms with E-state index in [2.05, 4.69) is 20.4 Å². The molecule has 130 valence electrons. The van der Waals surface area contributed by atoms with E-state index >= 15 is 0 Å². The van der Waals surface area contributed by atoms with E-state index in [9.17, 15) is 4.79 Å². The monoisotopic (exact) mass is 347 g/mol. The molecule has 0 aliphatic heterocycles. The Balaban J connectivity index is 1.68. The molecular weight excluding hydrogens is 330 g/mol. The number of amides is 1. The van der Waals surface area contributed by atoms with Crippen LogP contribution in [0.1, 0.15) is 16.1 Å². The number of imidazole rings is 1. The van der Waals surface area contributed by atoms with Gasteiger partial charge in [-0.15, -0.1) is 0 Å². The number of nitrogens with zero attached hydrogens (tertiary/aromatic N) is 3. The molecule has 0 aliphatic rings. The quantitative estimate of drug-likeness (QED) is 0.593. The standard InChI is InChI=1S/C19H17N5O2/c1-12-10-17(22-18(25)13-6-5-7-14(11-13)26-2)24(23-12)19-20-15-8-3-4-9-16(15)21-19/h3-11H,1-2H3,(H,20,21)(H,22,25). The molecule has 2 N–H and O–H groups in total. The minimum Gasteiger partial charge on any atom is -0.497 e. The molecule has 0 saturated heterocycles. The Labute approximate surface area is 149 Å². The van der Waals surface area contributed by atoms with Crippen molar-refractivity contribution in [3.05, 3.63) is 65.9 Å². The maximum atomic E-state index is 12.6. The number of nitrogens with one attached hydrogen (secondary N) is 2. The summed E-state index contributed by atoms with van der Waals surface area (Å²) in [5.41, 5.74) is 3.01. The maximum absolute atomic E-state index is 12.6. The van der Waals surface area contributed by atoms with Crippen molar-refractivity contribution in [3.63, 3.8) is 0 Å². The molecule has 0 spiro atoms. The van der Waals surface area contributed by atoms with Crippen LogP contribution >= 0.6 is 0 Å². The number of methoxy groups -OCH3 is 1. The number of rotatable bonds is 4. The molecule has 0 fully saturated rings. The number of anilines is 1. The van der Waals surface area contributed by atoms with Crippen LogP contribution in [-0.4, -0.2) is 32.8 Å². The molecule has 4 rings (SSSR count). The fourth-order valence-corrected chi connectivity index (χ4v) is 2.74. The van der Waals surface area contributed by atoms with Crippen LogP contribution in [0.2, 0.25) is 0 Å². The van der Waals surface area contributed by atoms with Crippen LogP contribution < -0.4 is 10.1 Å². The van der Waals surface area contributed by atoms with Crippen LogP contribution in [0.25, 0.3) is 17.0 Å². The SMILES string of the molecule is COc1cccc(C(=O)Nc2cc(C)nn2-c2nc3ccccc3[nH]2)c1. The molecule has 1 amide bonds.